The number of nitrogens with zero attached hydrogens (tertiary/aromatic N) is 4. The molecule has 23 heavy (non-hydrogen) atoms. The fourth-order valence-electron chi connectivity index (χ4n) is 4.40. The molecule has 1 unspecified atom stereocenters. The number of pyridine rings is 1. The Bertz CT molecular complexity index is 669. The highest BCUT2D eigenvalue weighted by Crippen LogP contribution is 2.36. The van der Waals surface area contributed by atoms with Crippen LogP contribution in [0.4, 0.5) is 0 Å². The molecule has 3 heterocycles. The number of imidazole rings is 1. The summed E-state index contributed by atoms with van der Waals surface area (Å²) in [4.78, 5) is 12.3. The largest absolute Gasteiger partial charge is 0.309 e. The molecule has 1 aliphatic carbocycles. The summed E-state index contributed by atoms with van der Waals surface area (Å²) in [5.41, 5.74) is 2.19. The van der Waals surface area contributed by atoms with Gasteiger partial charge in [0.1, 0.15) is 11.3 Å². The second kappa shape index (κ2) is 6.23. The molecule has 2 aromatic rings. The fourth-order valence-corrected chi connectivity index (χ4v) is 4.40. The monoisotopic (exact) mass is 312 g/mol. The van der Waals surface area contributed by atoms with E-state index < -0.39 is 0 Å². The minimum atomic E-state index is 0.563. The van der Waals surface area contributed by atoms with Crippen LogP contribution >= 0.6 is 0 Å². The van der Waals surface area contributed by atoms with Gasteiger partial charge in [-0.15, -0.1) is 0 Å². The van der Waals surface area contributed by atoms with Crippen molar-refractivity contribution in [3.05, 3.63) is 24.2 Å². The quantitative estimate of drug-likeness (QED) is 0.854. The normalized spacial score (nSPS) is 24.0. The summed E-state index contributed by atoms with van der Waals surface area (Å²) in [7, 11) is 0. The first-order chi connectivity index (χ1) is 11.2. The van der Waals surface area contributed by atoms with Crippen LogP contribution in [0, 0.1) is 0 Å². The second-order valence-corrected chi connectivity index (χ2v) is 7.55. The third-order valence-electron chi connectivity index (χ3n) is 5.73. The molecule has 0 amide bonds. The van der Waals surface area contributed by atoms with Crippen LogP contribution < -0.4 is 0 Å². The summed E-state index contributed by atoms with van der Waals surface area (Å²) in [6.45, 7) is 6.94. The summed E-state index contributed by atoms with van der Waals surface area (Å²) in [6.07, 6.45) is 9.80. The lowest BCUT2D eigenvalue weighted by Crippen LogP contribution is -2.28. The molecule has 0 aromatic carbocycles. The lowest BCUT2D eigenvalue weighted by atomic mass is 9.94. The molecule has 0 N–H and O–H groups in total. The Morgan fingerprint density at radius 1 is 1.13 bits per heavy atom. The van der Waals surface area contributed by atoms with Crippen LogP contribution in [0.1, 0.15) is 70.2 Å². The fraction of sp³-hybridized carbons (Fsp3) is 0.684. The van der Waals surface area contributed by atoms with Gasteiger partial charge in [-0.3, -0.25) is 0 Å². The number of likely N-dealkylation sites (tertiary alicyclic amines) is 1. The number of hydrogen-bond acceptors (Lipinski definition) is 3. The van der Waals surface area contributed by atoms with E-state index in [1.54, 1.807) is 0 Å². The lowest BCUT2D eigenvalue weighted by Gasteiger charge is -2.27. The van der Waals surface area contributed by atoms with Crippen LogP contribution in [0.2, 0.25) is 0 Å². The minimum absolute atomic E-state index is 0.563. The van der Waals surface area contributed by atoms with Crippen molar-refractivity contribution in [3.63, 3.8) is 0 Å². The van der Waals surface area contributed by atoms with E-state index in [4.69, 9.17) is 4.98 Å². The molecule has 4 heteroatoms. The van der Waals surface area contributed by atoms with Gasteiger partial charge in [0.15, 0.2) is 5.65 Å². The predicted molar refractivity (Wildman–Crippen MR) is 93.7 cm³/mol. The summed E-state index contributed by atoms with van der Waals surface area (Å²) in [5.74, 6) is 1.86. The van der Waals surface area contributed by atoms with E-state index in [2.05, 4.69) is 34.4 Å². The van der Waals surface area contributed by atoms with E-state index in [1.165, 1.54) is 50.9 Å². The van der Waals surface area contributed by atoms with Crippen molar-refractivity contribution in [1.29, 1.82) is 0 Å². The predicted octanol–water partition coefficient (Wildman–Crippen LogP) is 4.13. The molecule has 124 valence electrons. The molecule has 0 spiro atoms. The van der Waals surface area contributed by atoms with Gasteiger partial charge in [-0.2, -0.15) is 0 Å². The van der Waals surface area contributed by atoms with Crippen LogP contribution in [0.3, 0.4) is 0 Å². The number of aromatic nitrogens is 3. The first kappa shape index (κ1) is 15.1. The molecule has 2 aliphatic rings. The highest BCUT2D eigenvalue weighted by Gasteiger charge is 2.32. The first-order valence-electron chi connectivity index (χ1n) is 9.31. The standard InChI is InChI=1S/C19H28N4/c1-14(2)22-12-10-15(13-22)18-21-17-9-6-11-20-19(17)23(18)16-7-4-3-5-8-16/h6,9,11,14-16H,3-5,7-8,10,12-13H2,1-2H3. The van der Waals surface area contributed by atoms with E-state index in [-0.39, 0.29) is 0 Å². The Labute approximate surface area is 138 Å². The second-order valence-electron chi connectivity index (χ2n) is 7.55. The molecule has 0 bridgehead atoms. The smallest absolute Gasteiger partial charge is 0.160 e. The topological polar surface area (TPSA) is 34.0 Å². The zero-order valence-electron chi connectivity index (χ0n) is 14.4. The zero-order chi connectivity index (χ0) is 15.8. The van der Waals surface area contributed by atoms with Crippen molar-refractivity contribution in [3.8, 4) is 0 Å². The molecule has 4 nitrogen and oxygen atoms in total. The maximum absolute atomic E-state index is 5.04. The molecule has 0 radical (unpaired) electrons. The van der Waals surface area contributed by atoms with Crippen LogP contribution in [0.25, 0.3) is 11.2 Å². The van der Waals surface area contributed by atoms with E-state index in [9.17, 15) is 0 Å². The van der Waals surface area contributed by atoms with E-state index in [0.717, 1.165) is 17.7 Å². The van der Waals surface area contributed by atoms with Gasteiger partial charge in [0.25, 0.3) is 0 Å². The molecular weight excluding hydrogens is 284 g/mol. The molecule has 2 aromatic heterocycles. The molecule has 1 atom stereocenters. The number of fused-ring (bicyclic) bond motifs is 1. The van der Waals surface area contributed by atoms with E-state index in [1.807, 2.05) is 12.3 Å². The molecular formula is C19H28N4. The maximum Gasteiger partial charge on any atom is 0.160 e. The van der Waals surface area contributed by atoms with Gasteiger partial charge in [0.05, 0.1) is 0 Å². The number of hydrogen-bond donors (Lipinski definition) is 0. The van der Waals surface area contributed by atoms with E-state index in [0.29, 0.717) is 18.0 Å². The Morgan fingerprint density at radius 2 is 1.96 bits per heavy atom. The van der Waals surface area contributed by atoms with Gasteiger partial charge in [-0.05, 0) is 51.8 Å². The highest BCUT2D eigenvalue weighted by atomic mass is 15.2. The van der Waals surface area contributed by atoms with Crippen LogP contribution in [0.15, 0.2) is 18.3 Å². The van der Waals surface area contributed by atoms with Gasteiger partial charge >= 0.3 is 0 Å². The van der Waals surface area contributed by atoms with Crippen molar-refractivity contribution in [1.82, 2.24) is 19.4 Å². The van der Waals surface area contributed by atoms with Crippen molar-refractivity contribution in [2.45, 2.75) is 70.4 Å². The average Bonchev–Trinajstić information content (AvgIpc) is 3.20. The Kier molecular flexibility index (Phi) is 4.10. The number of rotatable bonds is 3. The Hall–Kier alpha value is -1.42. The van der Waals surface area contributed by atoms with Gasteiger partial charge in [0, 0.05) is 30.7 Å². The van der Waals surface area contributed by atoms with Crippen molar-refractivity contribution < 1.29 is 0 Å². The Balaban J connectivity index is 1.73. The van der Waals surface area contributed by atoms with Gasteiger partial charge < -0.3 is 9.47 Å². The lowest BCUT2D eigenvalue weighted by molar-refractivity contribution is 0.270. The van der Waals surface area contributed by atoms with Crippen molar-refractivity contribution in [2.75, 3.05) is 13.1 Å². The minimum Gasteiger partial charge on any atom is -0.309 e. The summed E-state index contributed by atoms with van der Waals surface area (Å²) >= 11 is 0. The highest BCUT2D eigenvalue weighted by molar-refractivity contribution is 5.71. The van der Waals surface area contributed by atoms with Crippen LogP contribution in [-0.4, -0.2) is 38.6 Å². The third kappa shape index (κ3) is 2.78. The SMILES string of the molecule is CC(C)N1CCC(c2nc3cccnc3n2C2CCCCC2)C1. The Morgan fingerprint density at radius 3 is 2.70 bits per heavy atom. The summed E-state index contributed by atoms with van der Waals surface area (Å²) in [5, 5.41) is 0. The summed E-state index contributed by atoms with van der Waals surface area (Å²) < 4.78 is 2.52. The van der Waals surface area contributed by atoms with Gasteiger partial charge in [0.2, 0.25) is 0 Å². The van der Waals surface area contributed by atoms with Gasteiger partial charge in [-0.1, -0.05) is 19.3 Å². The zero-order valence-corrected chi connectivity index (χ0v) is 14.4. The van der Waals surface area contributed by atoms with Gasteiger partial charge in [-0.25, -0.2) is 9.97 Å². The van der Waals surface area contributed by atoms with Crippen molar-refractivity contribution >= 4 is 11.2 Å². The average molecular weight is 312 g/mol. The molecule has 4 rings (SSSR count). The maximum atomic E-state index is 5.04. The van der Waals surface area contributed by atoms with Crippen LogP contribution in [0.5, 0.6) is 0 Å². The van der Waals surface area contributed by atoms with Crippen molar-refractivity contribution in [2.24, 2.45) is 0 Å². The summed E-state index contributed by atoms with van der Waals surface area (Å²) in [6, 6.07) is 5.37. The molecule has 1 saturated carbocycles. The molecule has 1 saturated heterocycles. The molecule has 2 fully saturated rings. The van der Waals surface area contributed by atoms with Crippen LogP contribution in [-0.2, 0) is 0 Å². The molecule has 1 aliphatic heterocycles. The third-order valence-corrected chi connectivity index (χ3v) is 5.73. The van der Waals surface area contributed by atoms with E-state index >= 15 is 0 Å². The first-order valence-corrected chi connectivity index (χ1v) is 9.31.